The minimum Gasteiger partial charge on any atom is -0.379 e. The second kappa shape index (κ2) is 7.17. The van der Waals surface area contributed by atoms with Crippen molar-refractivity contribution >= 4 is 5.69 Å². The molecule has 2 N–H and O–H groups in total. The molecule has 3 rings (SSSR count). The van der Waals surface area contributed by atoms with E-state index < -0.39 is 0 Å². The highest BCUT2D eigenvalue weighted by Gasteiger charge is 2.34. The molecule has 6 nitrogen and oxygen atoms in total. The Morgan fingerprint density at radius 3 is 2.82 bits per heavy atom. The topological polar surface area (TPSA) is 76.4 Å². The van der Waals surface area contributed by atoms with Gasteiger partial charge in [0.05, 0.1) is 18.1 Å². The first-order chi connectivity index (χ1) is 10.7. The number of benzene rings is 1. The van der Waals surface area contributed by atoms with Crippen LogP contribution < -0.4 is 10.6 Å². The van der Waals surface area contributed by atoms with E-state index in [4.69, 9.17) is 4.74 Å². The second-order valence-electron chi connectivity index (χ2n) is 6.14. The summed E-state index contributed by atoms with van der Waals surface area (Å²) < 4.78 is 5.59. The molecule has 2 aliphatic rings. The van der Waals surface area contributed by atoms with E-state index in [1.165, 1.54) is 19.3 Å². The van der Waals surface area contributed by atoms with Crippen molar-refractivity contribution in [1.82, 2.24) is 10.6 Å². The van der Waals surface area contributed by atoms with Gasteiger partial charge in [0, 0.05) is 37.3 Å². The molecule has 0 bridgehead atoms. The van der Waals surface area contributed by atoms with Crippen molar-refractivity contribution in [2.75, 3.05) is 19.8 Å². The van der Waals surface area contributed by atoms with Crippen LogP contribution in [0.4, 0.5) is 5.69 Å². The highest BCUT2D eigenvalue weighted by molar-refractivity contribution is 5.32. The number of rotatable bonds is 5. The Labute approximate surface area is 130 Å². The summed E-state index contributed by atoms with van der Waals surface area (Å²) in [6.07, 6.45) is 3.68. The quantitative estimate of drug-likeness (QED) is 0.641. The molecular formula is C16H23N3O3. The number of morpholine rings is 1. The molecule has 0 spiro atoms. The lowest BCUT2D eigenvalue weighted by atomic mass is 9.94. The van der Waals surface area contributed by atoms with Crippen LogP contribution in [0, 0.1) is 16.0 Å². The van der Waals surface area contributed by atoms with Gasteiger partial charge in [0.1, 0.15) is 0 Å². The average Bonchev–Trinajstić information content (AvgIpc) is 3.02. The molecule has 22 heavy (non-hydrogen) atoms. The number of nitrogens with one attached hydrogen (secondary N) is 2. The van der Waals surface area contributed by atoms with Gasteiger partial charge in [-0.05, 0) is 24.3 Å². The number of hydrogen-bond acceptors (Lipinski definition) is 5. The zero-order chi connectivity index (χ0) is 15.4. The fourth-order valence-corrected chi connectivity index (χ4v) is 3.57. The maximum atomic E-state index is 10.7. The monoisotopic (exact) mass is 305 g/mol. The number of hydrogen-bond donors (Lipinski definition) is 2. The van der Waals surface area contributed by atoms with E-state index in [9.17, 15) is 10.1 Å². The Kier molecular flexibility index (Phi) is 5.02. The van der Waals surface area contributed by atoms with E-state index in [2.05, 4.69) is 10.6 Å². The maximum Gasteiger partial charge on any atom is 0.269 e. The van der Waals surface area contributed by atoms with Crippen molar-refractivity contribution in [3.05, 3.63) is 39.9 Å². The minimum atomic E-state index is -0.362. The van der Waals surface area contributed by atoms with Crippen LogP contribution in [0.1, 0.15) is 24.8 Å². The van der Waals surface area contributed by atoms with Gasteiger partial charge in [-0.25, -0.2) is 0 Å². The van der Waals surface area contributed by atoms with Crippen LogP contribution in [-0.2, 0) is 11.3 Å². The SMILES string of the molecule is O=[N+]([O-])c1ccc(CNC2CCCC2C2COCCN2)cc1. The molecule has 120 valence electrons. The fraction of sp³-hybridized carbons (Fsp3) is 0.625. The van der Waals surface area contributed by atoms with E-state index in [1.807, 2.05) is 12.1 Å². The van der Waals surface area contributed by atoms with E-state index in [0.717, 1.165) is 31.9 Å². The van der Waals surface area contributed by atoms with E-state index >= 15 is 0 Å². The van der Waals surface area contributed by atoms with E-state index in [-0.39, 0.29) is 10.6 Å². The van der Waals surface area contributed by atoms with Gasteiger partial charge in [0.15, 0.2) is 0 Å². The van der Waals surface area contributed by atoms with Gasteiger partial charge in [0.2, 0.25) is 0 Å². The number of nitro groups is 1. The third-order valence-corrected chi connectivity index (χ3v) is 4.75. The first-order valence-electron chi connectivity index (χ1n) is 8.02. The maximum absolute atomic E-state index is 10.7. The predicted molar refractivity (Wildman–Crippen MR) is 83.7 cm³/mol. The van der Waals surface area contributed by atoms with Crippen LogP contribution >= 0.6 is 0 Å². The third kappa shape index (κ3) is 3.63. The lowest BCUT2D eigenvalue weighted by molar-refractivity contribution is -0.384. The average molecular weight is 305 g/mol. The first-order valence-corrected chi connectivity index (χ1v) is 8.02. The highest BCUT2D eigenvalue weighted by atomic mass is 16.6. The molecule has 3 unspecified atom stereocenters. The van der Waals surface area contributed by atoms with E-state index in [1.54, 1.807) is 12.1 Å². The van der Waals surface area contributed by atoms with Gasteiger partial charge in [-0.2, -0.15) is 0 Å². The number of ether oxygens (including phenoxy) is 1. The summed E-state index contributed by atoms with van der Waals surface area (Å²) in [5, 5.41) is 17.9. The molecule has 0 radical (unpaired) electrons. The number of non-ortho nitro benzene ring substituents is 1. The molecule has 2 fully saturated rings. The largest absolute Gasteiger partial charge is 0.379 e. The summed E-state index contributed by atoms with van der Waals surface area (Å²) in [5.74, 6) is 0.610. The van der Waals surface area contributed by atoms with Gasteiger partial charge >= 0.3 is 0 Å². The lowest BCUT2D eigenvalue weighted by Gasteiger charge is -2.33. The van der Waals surface area contributed by atoms with Crippen molar-refractivity contribution in [3.63, 3.8) is 0 Å². The van der Waals surface area contributed by atoms with Gasteiger partial charge in [0.25, 0.3) is 5.69 Å². The fourth-order valence-electron chi connectivity index (χ4n) is 3.57. The molecule has 1 saturated carbocycles. The standard InChI is InChI=1S/C16H23N3O3/c20-19(21)13-6-4-12(5-7-13)10-18-15-3-1-2-14(15)16-11-22-9-8-17-16/h4-7,14-18H,1-3,8-11H2. The molecule has 1 aliphatic carbocycles. The second-order valence-corrected chi connectivity index (χ2v) is 6.14. The Morgan fingerprint density at radius 2 is 2.14 bits per heavy atom. The lowest BCUT2D eigenvalue weighted by Crippen LogP contribution is -2.50. The van der Waals surface area contributed by atoms with Crippen LogP contribution in [0.25, 0.3) is 0 Å². The smallest absolute Gasteiger partial charge is 0.269 e. The summed E-state index contributed by atoms with van der Waals surface area (Å²) >= 11 is 0. The molecule has 1 aromatic carbocycles. The van der Waals surface area contributed by atoms with Crippen LogP contribution in [-0.4, -0.2) is 36.8 Å². The molecule has 1 saturated heterocycles. The molecule has 1 aliphatic heterocycles. The Morgan fingerprint density at radius 1 is 1.32 bits per heavy atom. The zero-order valence-electron chi connectivity index (χ0n) is 12.7. The molecule has 1 heterocycles. The van der Waals surface area contributed by atoms with Gasteiger partial charge in [-0.15, -0.1) is 0 Å². The Balaban J connectivity index is 1.54. The van der Waals surface area contributed by atoms with E-state index in [0.29, 0.717) is 18.0 Å². The van der Waals surface area contributed by atoms with Crippen LogP contribution in [0.3, 0.4) is 0 Å². The van der Waals surface area contributed by atoms with Gasteiger partial charge in [-0.3, -0.25) is 10.1 Å². The Hall–Kier alpha value is -1.50. The summed E-state index contributed by atoms with van der Waals surface area (Å²) in [6.45, 7) is 3.31. The number of nitro benzene ring substituents is 1. The van der Waals surface area contributed by atoms with Crippen molar-refractivity contribution in [2.45, 2.75) is 37.9 Å². The number of nitrogens with zero attached hydrogens (tertiary/aromatic N) is 1. The predicted octanol–water partition coefficient (Wildman–Crippen LogP) is 1.84. The highest BCUT2D eigenvalue weighted by Crippen LogP contribution is 2.29. The zero-order valence-corrected chi connectivity index (χ0v) is 12.7. The van der Waals surface area contributed by atoms with Gasteiger partial charge < -0.3 is 15.4 Å². The molecule has 0 amide bonds. The van der Waals surface area contributed by atoms with Crippen LogP contribution in [0.15, 0.2) is 24.3 Å². The molecular weight excluding hydrogens is 282 g/mol. The molecule has 1 aromatic rings. The van der Waals surface area contributed by atoms with Crippen molar-refractivity contribution in [3.8, 4) is 0 Å². The summed E-state index contributed by atoms with van der Waals surface area (Å²) in [4.78, 5) is 10.3. The third-order valence-electron chi connectivity index (χ3n) is 4.75. The summed E-state index contributed by atoms with van der Waals surface area (Å²) in [7, 11) is 0. The normalized spacial score (nSPS) is 28.6. The first kappa shape index (κ1) is 15.4. The van der Waals surface area contributed by atoms with Crippen LogP contribution in [0.2, 0.25) is 0 Å². The molecule has 6 heteroatoms. The summed E-state index contributed by atoms with van der Waals surface area (Å²) in [5.41, 5.74) is 1.23. The molecule has 3 atom stereocenters. The minimum absolute atomic E-state index is 0.144. The van der Waals surface area contributed by atoms with Crippen molar-refractivity contribution < 1.29 is 9.66 Å². The Bertz CT molecular complexity index is 500. The molecule has 0 aromatic heterocycles. The van der Waals surface area contributed by atoms with Crippen LogP contribution in [0.5, 0.6) is 0 Å². The van der Waals surface area contributed by atoms with Gasteiger partial charge in [-0.1, -0.05) is 18.6 Å². The van der Waals surface area contributed by atoms with Crippen molar-refractivity contribution in [1.29, 1.82) is 0 Å². The summed E-state index contributed by atoms with van der Waals surface area (Å²) in [6, 6.07) is 7.74. The van der Waals surface area contributed by atoms with Crippen molar-refractivity contribution in [2.24, 2.45) is 5.92 Å².